The molecule has 1 aliphatic heterocycles. The van der Waals surface area contributed by atoms with E-state index in [0.29, 0.717) is 5.33 Å². The summed E-state index contributed by atoms with van der Waals surface area (Å²) < 4.78 is 0. The Kier molecular flexibility index (Phi) is 5.61. The third-order valence-electron chi connectivity index (χ3n) is 1.39. The van der Waals surface area contributed by atoms with Crippen LogP contribution >= 0.6 is 15.9 Å². The van der Waals surface area contributed by atoms with E-state index in [1.165, 1.54) is 0 Å². The molecule has 1 saturated heterocycles. The minimum absolute atomic E-state index is 0. The second-order valence-corrected chi connectivity index (χ2v) is 2.61. The molecule has 1 heterocycles. The van der Waals surface area contributed by atoms with Gasteiger partial charge in [-0.25, -0.2) is 6.54 Å². The fourth-order valence-electron chi connectivity index (χ4n) is 0.903. The van der Waals surface area contributed by atoms with E-state index in [9.17, 15) is 4.79 Å². The summed E-state index contributed by atoms with van der Waals surface area (Å²) in [6.45, 7) is 2.87. The van der Waals surface area contributed by atoms with Gasteiger partial charge < -0.3 is 4.90 Å². The van der Waals surface area contributed by atoms with Gasteiger partial charge in [-0.05, 0) is 6.54 Å². The number of nitrogens with zero attached hydrogens (tertiary/aromatic N) is 1. The first-order valence-electron chi connectivity index (χ1n) is 3.03. The van der Waals surface area contributed by atoms with Crippen molar-refractivity contribution in [3.63, 3.8) is 0 Å². The standard InChI is InChI=1S/C6H9BrNO.Re/c7-5-6(9)8-3-1-2-4-8;/h3H,1-2,4-5H2;/q-1;. The van der Waals surface area contributed by atoms with Crippen LogP contribution in [0.25, 0.3) is 0 Å². The molecule has 0 N–H and O–H groups in total. The SMILES string of the molecule is O=C(CBr)N1[CH-]CCC1.[Re]. The number of rotatable bonds is 1. The van der Waals surface area contributed by atoms with Gasteiger partial charge in [-0.15, -0.1) is 0 Å². The van der Waals surface area contributed by atoms with Crippen LogP contribution in [0.1, 0.15) is 12.8 Å². The largest absolute Gasteiger partial charge is 0.492 e. The Morgan fingerprint density at radius 1 is 1.70 bits per heavy atom. The van der Waals surface area contributed by atoms with Crippen molar-refractivity contribution in [3.8, 4) is 0 Å². The molecule has 0 aromatic carbocycles. The van der Waals surface area contributed by atoms with Gasteiger partial charge in [0.25, 0.3) is 0 Å². The molecule has 0 spiro atoms. The molecule has 0 unspecified atom stereocenters. The van der Waals surface area contributed by atoms with Crippen LogP contribution in [0.4, 0.5) is 0 Å². The number of hydrogen-bond donors (Lipinski definition) is 0. The molecule has 2 nitrogen and oxygen atoms in total. The second-order valence-electron chi connectivity index (χ2n) is 2.05. The number of hydrogen-bond acceptors (Lipinski definition) is 1. The summed E-state index contributed by atoms with van der Waals surface area (Å²) in [7, 11) is 0. The predicted molar refractivity (Wildman–Crippen MR) is 39.0 cm³/mol. The molecule has 1 amide bonds. The Labute approximate surface area is 83.1 Å². The average Bonchev–Trinajstić information content (AvgIpc) is 2.37. The number of carbonyl (C=O) groups excluding carboxylic acids is 1. The smallest absolute Gasteiger partial charge is 0.204 e. The van der Waals surface area contributed by atoms with Crippen molar-refractivity contribution in [2.24, 2.45) is 0 Å². The van der Waals surface area contributed by atoms with Crippen LogP contribution < -0.4 is 0 Å². The molecule has 0 saturated carbocycles. The number of halogens is 1. The molecule has 10 heavy (non-hydrogen) atoms. The van der Waals surface area contributed by atoms with Gasteiger partial charge in [0, 0.05) is 20.4 Å². The second kappa shape index (κ2) is 5.29. The molecule has 1 aliphatic rings. The van der Waals surface area contributed by atoms with Crippen LogP contribution in [-0.4, -0.2) is 22.7 Å². The van der Waals surface area contributed by atoms with E-state index in [2.05, 4.69) is 15.9 Å². The molecule has 0 bridgehead atoms. The Morgan fingerprint density at radius 3 is 2.80 bits per heavy atom. The molecule has 0 aromatic heterocycles. The number of alkyl halides is 1. The van der Waals surface area contributed by atoms with E-state index >= 15 is 0 Å². The van der Waals surface area contributed by atoms with Crippen molar-refractivity contribution in [1.82, 2.24) is 4.90 Å². The van der Waals surface area contributed by atoms with Crippen molar-refractivity contribution < 1.29 is 25.2 Å². The van der Waals surface area contributed by atoms with Gasteiger partial charge in [0.2, 0.25) is 5.91 Å². The van der Waals surface area contributed by atoms with Crippen molar-refractivity contribution in [2.45, 2.75) is 12.8 Å². The van der Waals surface area contributed by atoms with Gasteiger partial charge in [-0.1, -0.05) is 22.4 Å². The maximum absolute atomic E-state index is 10.9. The molecule has 4 heteroatoms. The normalized spacial score (nSPS) is 16.7. The fraction of sp³-hybridized carbons (Fsp3) is 0.667. The third-order valence-corrected chi connectivity index (χ3v) is 1.87. The zero-order chi connectivity index (χ0) is 6.69. The summed E-state index contributed by atoms with van der Waals surface area (Å²) in [6, 6.07) is 0. The summed E-state index contributed by atoms with van der Waals surface area (Å²) in [5.74, 6) is 0.174. The third kappa shape index (κ3) is 2.69. The van der Waals surface area contributed by atoms with Gasteiger partial charge in [-0.3, -0.25) is 4.79 Å². The maximum atomic E-state index is 10.9. The van der Waals surface area contributed by atoms with Crippen LogP contribution in [0.15, 0.2) is 0 Å². The van der Waals surface area contributed by atoms with Gasteiger partial charge in [0.15, 0.2) is 0 Å². The molecular weight excluding hydrogens is 368 g/mol. The predicted octanol–water partition coefficient (Wildman–Crippen LogP) is 1.16. The number of likely N-dealkylation sites (tertiary alicyclic amines) is 1. The summed E-state index contributed by atoms with van der Waals surface area (Å²) in [5.41, 5.74) is 0. The van der Waals surface area contributed by atoms with E-state index in [0.717, 1.165) is 19.4 Å². The van der Waals surface area contributed by atoms with Crippen molar-refractivity contribution in [1.29, 1.82) is 0 Å². The fourth-order valence-corrected chi connectivity index (χ4v) is 1.23. The topological polar surface area (TPSA) is 20.3 Å². The zero-order valence-electron chi connectivity index (χ0n) is 5.52. The zero-order valence-corrected chi connectivity index (χ0v) is 9.82. The van der Waals surface area contributed by atoms with Crippen molar-refractivity contribution >= 4 is 21.8 Å². The van der Waals surface area contributed by atoms with E-state index in [4.69, 9.17) is 0 Å². The van der Waals surface area contributed by atoms with Gasteiger partial charge in [0.1, 0.15) is 0 Å². The van der Waals surface area contributed by atoms with Crippen LogP contribution in [0.5, 0.6) is 0 Å². The van der Waals surface area contributed by atoms with Crippen molar-refractivity contribution in [3.05, 3.63) is 6.54 Å². The molecule has 1 radical (unpaired) electrons. The Morgan fingerprint density at radius 2 is 2.40 bits per heavy atom. The van der Waals surface area contributed by atoms with E-state index < -0.39 is 0 Å². The maximum Gasteiger partial charge on any atom is 0.204 e. The van der Waals surface area contributed by atoms with Gasteiger partial charge >= 0.3 is 0 Å². The summed E-state index contributed by atoms with van der Waals surface area (Å²) in [6.07, 6.45) is 2.18. The summed E-state index contributed by atoms with van der Waals surface area (Å²) in [4.78, 5) is 12.6. The van der Waals surface area contributed by atoms with E-state index in [1.807, 2.05) is 6.54 Å². The molecule has 1 fully saturated rings. The first-order valence-corrected chi connectivity index (χ1v) is 4.15. The van der Waals surface area contributed by atoms with Crippen LogP contribution in [-0.2, 0) is 25.2 Å². The summed E-state index contributed by atoms with van der Waals surface area (Å²) in [5, 5.41) is 0.448. The van der Waals surface area contributed by atoms with Gasteiger partial charge in [-0.2, -0.15) is 6.42 Å². The molecule has 0 aliphatic carbocycles. The minimum atomic E-state index is 0. The molecular formula is C6H9BrNORe-. The van der Waals surface area contributed by atoms with Crippen molar-refractivity contribution in [2.75, 3.05) is 11.9 Å². The van der Waals surface area contributed by atoms with E-state index in [1.54, 1.807) is 4.90 Å². The molecule has 0 atom stereocenters. The Hall–Kier alpha value is 0.612. The van der Waals surface area contributed by atoms with Crippen LogP contribution in [0.2, 0.25) is 0 Å². The molecule has 59 valence electrons. The number of amides is 1. The van der Waals surface area contributed by atoms with Crippen LogP contribution in [0.3, 0.4) is 0 Å². The quantitative estimate of drug-likeness (QED) is 0.496. The Balaban J connectivity index is 0.000000810. The Bertz CT molecular complexity index is 114. The first kappa shape index (κ1) is 10.6. The molecule has 1 rings (SSSR count). The minimum Gasteiger partial charge on any atom is -0.492 e. The monoisotopic (exact) mass is 377 g/mol. The van der Waals surface area contributed by atoms with Gasteiger partial charge in [0.05, 0.1) is 5.33 Å². The number of carbonyl (C=O) groups is 1. The van der Waals surface area contributed by atoms with Crippen LogP contribution in [0, 0.1) is 6.54 Å². The molecule has 0 aromatic rings. The average molecular weight is 377 g/mol. The summed E-state index contributed by atoms with van der Waals surface area (Å²) >= 11 is 3.11. The van der Waals surface area contributed by atoms with E-state index in [-0.39, 0.29) is 26.3 Å². The first-order chi connectivity index (χ1) is 4.34.